The average Bonchev–Trinajstić information content (AvgIpc) is 2.54. The van der Waals surface area contributed by atoms with Crippen molar-refractivity contribution >= 4 is 61.8 Å². The van der Waals surface area contributed by atoms with Crippen LogP contribution in [-0.4, -0.2) is 12.0 Å². The number of hydrogen-bond donors (Lipinski definition) is 2. The van der Waals surface area contributed by atoms with Crippen LogP contribution in [0.25, 0.3) is 0 Å². The summed E-state index contributed by atoms with van der Waals surface area (Å²) in [7, 11) is 0. The number of fused-ring (bicyclic) bond motifs is 1. The molecule has 0 amide bonds. The molecule has 16 heavy (non-hydrogen) atoms. The van der Waals surface area contributed by atoms with Gasteiger partial charge in [0.1, 0.15) is 9.34 Å². The maximum Gasteiger partial charge on any atom is 0.207 e. The molecule has 0 spiro atoms. The standard InChI is InChI=1S/C9H11BrClN3S2/c1-3-4(2)12-9-13-8-6(16-14-9)5(10)7(11)15-8/h4H,3H2,1-2H3,(H2,12,13,14). The van der Waals surface area contributed by atoms with Gasteiger partial charge < -0.3 is 5.32 Å². The molecule has 1 aliphatic rings. The molecule has 1 aliphatic heterocycles. The molecule has 2 rings (SSSR count). The van der Waals surface area contributed by atoms with Gasteiger partial charge in [-0.2, -0.15) is 0 Å². The molecule has 0 bridgehead atoms. The topological polar surface area (TPSA) is 36.4 Å². The summed E-state index contributed by atoms with van der Waals surface area (Å²) in [6.45, 7) is 4.21. The zero-order valence-corrected chi connectivity index (χ0v) is 12.8. The van der Waals surface area contributed by atoms with Crippen LogP contribution >= 0.6 is 50.8 Å². The zero-order chi connectivity index (χ0) is 11.7. The van der Waals surface area contributed by atoms with Crippen LogP contribution in [0.3, 0.4) is 0 Å². The molecule has 0 saturated carbocycles. The van der Waals surface area contributed by atoms with Crippen LogP contribution < -0.4 is 10.0 Å². The van der Waals surface area contributed by atoms with E-state index in [2.05, 4.69) is 44.8 Å². The Hall–Kier alpha value is 0.0900. The van der Waals surface area contributed by atoms with Crippen LogP contribution in [0.4, 0.5) is 5.00 Å². The van der Waals surface area contributed by atoms with Gasteiger partial charge in [0.2, 0.25) is 5.96 Å². The van der Waals surface area contributed by atoms with Crippen LogP contribution in [0.2, 0.25) is 4.34 Å². The van der Waals surface area contributed by atoms with Gasteiger partial charge in [-0.05, 0) is 41.2 Å². The lowest BCUT2D eigenvalue weighted by molar-refractivity contribution is 0.714. The summed E-state index contributed by atoms with van der Waals surface area (Å²) in [6.07, 6.45) is 1.03. The predicted molar refractivity (Wildman–Crippen MR) is 76.8 cm³/mol. The fourth-order valence-corrected chi connectivity index (χ4v) is 4.01. The van der Waals surface area contributed by atoms with Crippen molar-refractivity contribution < 1.29 is 0 Å². The molecule has 0 saturated heterocycles. The van der Waals surface area contributed by atoms with E-state index in [-0.39, 0.29) is 0 Å². The van der Waals surface area contributed by atoms with E-state index in [9.17, 15) is 0 Å². The molecule has 1 aromatic heterocycles. The number of nitrogens with one attached hydrogen (secondary N) is 2. The molecule has 1 aromatic rings. The van der Waals surface area contributed by atoms with E-state index in [4.69, 9.17) is 11.6 Å². The quantitative estimate of drug-likeness (QED) is 0.786. The first-order chi connectivity index (χ1) is 7.61. The number of aliphatic imine (C=N–C) groups is 1. The molecule has 0 fully saturated rings. The second kappa shape index (κ2) is 5.16. The molecule has 0 aliphatic carbocycles. The highest BCUT2D eigenvalue weighted by atomic mass is 79.9. The van der Waals surface area contributed by atoms with Crippen molar-refractivity contribution in [3.63, 3.8) is 0 Å². The zero-order valence-electron chi connectivity index (χ0n) is 8.80. The van der Waals surface area contributed by atoms with Crippen molar-refractivity contribution in [2.45, 2.75) is 31.2 Å². The maximum absolute atomic E-state index is 6.05. The predicted octanol–water partition coefficient (Wildman–Crippen LogP) is 4.34. The van der Waals surface area contributed by atoms with Crippen molar-refractivity contribution in [3.8, 4) is 0 Å². The minimum Gasteiger partial charge on any atom is -0.316 e. The van der Waals surface area contributed by atoms with Gasteiger partial charge in [0.25, 0.3) is 0 Å². The lowest BCUT2D eigenvalue weighted by Crippen LogP contribution is -2.29. The van der Waals surface area contributed by atoms with Crippen molar-refractivity contribution in [1.82, 2.24) is 4.72 Å². The molecule has 3 nitrogen and oxygen atoms in total. The number of hydrogen-bond acceptors (Lipinski definition) is 3. The number of anilines is 1. The van der Waals surface area contributed by atoms with E-state index in [1.807, 2.05) is 0 Å². The third-order valence-corrected chi connectivity index (χ3v) is 6.09. The lowest BCUT2D eigenvalue weighted by atomic mass is 10.3. The van der Waals surface area contributed by atoms with E-state index < -0.39 is 0 Å². The number of halogens is 2. The SMILES string of the molecule is CCC(C)N=C1NSc2c(sc(Cl)c2Br)N1. The number of thiophene rings is 1. The highest BCUT2D eigenvalue weighted by molar-refractivity contribution is 9.10. The molecular weight excluding hydrogens is 330 g/mol. The van der Waals surface area contributed by atoms with Gasteiger partial charge in [-0.25, -0.2) is 4.99 Å². The molecule has 7 heteroatoms. The van der Waals surface area contributed by atoms with Gasteiger partial charge in [-0.3, -0.25) is 4.72 Å². The Balaban J connectivity index is 2.21. The molecule has 1 atom stereocenters. The summed E-state index contributed by atoms with van der Waals surface area (Å²) < 4.78 is 4.88. The maximum atomic E-state index is 6.05. The van der Waals surface area contributed by atoms with Crippen LogP contribution in [0.1, 0.15) is 20.3 Å². The third kappa shape index (κ3) is 2.50. The first-order valence-electron chi connectivity index (χ1n) is 4.87. The van der Waals surface area contributed by atoms with E-state index >= 15 is 0 Å². The highest BCUT2D eigenvalue weighted by Gasteiger charge is 2.21. The van der Waals surface area contributed by atoms with E-state index in [0.29, 0.717) is 6.04 Å². The average molecular weight is 341 g/mol. The van der Waals surface area contributed by atoms with Gasteiger partial charge in [-0.1, -0.05) is 18.5 Å². The fraction of sp³-hybridized carbons (Fsp3) is 0.444. The monoisotopic (exact) mass is 339 g/mol. The highest BCUT2D eigenvalue weighted by Crippen LogP contribution is 2.46. The van der Waals surface area contributed by atoms with E-state index in [1.54, 1.807) is 0 Å². The minimum absolute atomic E-state index is 0.316. The Labute approximate surface area is 116 Å². The summed E-state index contributed by atoms with van der Waals surface area (Å²) in [4.78, 5) is 5.61. The number of rotatable bonds is 2. The Bertz CT molecular complexity index is 433. The summed E-state index contributed by atoms with van der Waals surface area (Å²) >= 11 is 12.6. The Morgan fingerprint density at radius 2 is 2.31 bits per heavy atom. The van der Waals surface area contributed by atoms with Crippen molar-refractivity contribution in [1.29, 1.82) is 0 Å². The Kier molecular flexibility index (Phi) is 4.05. The van der Waals surface area contributed by atoms with Crippen molar-refractivity contribution in [2.75, 3.05) is 5.32 Å². The van der Waals surface area contributed by atoms with Crippen molar-refractivity contribution in [2.24, 2.45) is 4.99 Å². The normalized spacial score (nSPS) is 18.9. The van der Waals surface area contributed by atoms with Gasteiger partial charge >= 0.3 is 0 Å². The minimum atomic E-state index is 0.316. The fourth-order valence-electron chi connectivity index (χ4n) is 1.15. The molecule has 1 unspecified atom stereocenters. The second-order valence-electron chi connectivity index (χ2n) is 3.41. The summed E-state index contributed by atoms with van der Waals surface area (Å²) in [6, 6.07) is 0.316. The lowest BCUT2D eigenvalue weighted by Gasteiger charge is -2.18. The van der Waals surface area contributed by atoms with Gasteiger partial charge in [0, 0.05) is 0 Å². The number of nitrogens with zero attached hydrogens (tertiary/aromatic N) is 1. The molecule has 2 N–H and O–H groups in total. The van der Waals surface area contributed by atoms with E-state index in [0.717, 1.165) is 31.1 Å². The Morgan fingerprint density at radius 1 is 1.56 bits per heavy atom. The first kappa shape index (κ1) is 12.5. The molecule has 0 radical (unpaired) electrons. The third-order valence-electron chi connectivity index (χ3n) is 2.19. The van der Waals surface area contributed by atoms with Gasteiger partial charge in [-0.15, -0.1) is 11.3 Å². The molecule has 0 aromatic carbocycles. The summed E-state index contributed by atoms with van der Waals surface area (Å²) in [5.41, 5.74) is 0. The first-order valence-corrected chi connectivity index (χ1v) is 7.67. The van der Waals surface area contributed by atoms with Gasteiger partial charge in [0.15, 0.2) is 0 Å². The van der Waals surface area contributed by atoms with Crippen LogP contribution in [0, 0.1) is 0 Å². The van der Waals surface area contributed by atoms with Crippen molar-refractivity contribution in [3.05, 3.63) is 8.81 Å². The second-order valence-corrected chi connectivity index (χ2v) is 6.64. The van der Waals surface area contributed by atoms with Crippen LogP contribution in [0.5, 0.6) is 0 Å². The van der Waals surface area contributed by atoms with Crippen LogP contribution in [0.15, 0.2) is 14.4 Å². The largest absolute Gasteiger partial charge is 0.316 e. The van der Waals surface area contributed by atoms with Gasteiger partial charge in [0.05, 0.1) is 15.4 Å². The Morgan fingerprint density at radius 3 is 3.00 bits per heavy atom. The summed E-state index contributed by atoms with van der Waals surface area (Å²) in [5.74, 6) is 0.803. The molecular formula is C9H11BrClN3S2. The van der Waals surface area contributed by atoms with Crippen LogP contribution in [-0.2, 0) is 0 Å². The molecule has 88 valence electrons. The molecule has 2 heterocycles. The summed E-state index contributed by atoms with van der Waals surface area (Å²) in [5, 5.41) is 4.29. The number of guanidine groups is 1. The smallest absolute Gasteiger partial charge is 0.207 e. The van der Waals surface area contributed by atoms with E-state index in [1.165, 1.54) is 23.3 Å².